The zero-order chi connectivity index (χ0) is 13.8. The van der Waals surface area contributed by atoms with Crippen LogP contribution in [0.25, 0.3) is 0 Å². The fourth-order valence-corrected chi connectivity index (χ4v) is 2.04. The molecule has 2 rings (SSSR count). The molecule has 0 aliphatic heterocycles. The molecule has 0 saturated heterocycles. The van der Waals surface area contributed by atoms with Crippen LogP contribution >= 0.6 is 0 Å². The van der Waals surface area contributed by atoms with Gasteiger partial charge < -0.3 is 10.4 Å². The summed E-state index contributed by atoms with van der Waals surface area (Å²) in [4.78, 5) is 11.5. The average Bonchev–Trinajstić information content (AvgIpc) is 2.77. The highest BCUT2D eigenvalue weighted by atomic mass is 16.4. The van der Waals surface area contributed by atoms with Crippen molar-refractivity contribution in [1.82, 2.24) is 9.78 Å². The standard InChI is InChI=1S/C14H17N3O2/c1-3-12-11(9-17(2)16-12)13(14(18)19)15-10-7-5-4-6-8-10/h4-9,13,15H,3H2,1-2H3,(H,18,19). The van der Waals surface area contributed by atoms with E-state index in [0.717, 1.165) is 11.4 Å². The molecule has 100 valence electrons. The fraction of sp³-hybridized carbons (Fsp3) is 0.286. The maximum Gasteiger partial charge on any atom is 0.330 e. The van der Waals surface area contributed by atoms with Crippen LogP contribution in [-0.2, 0) is 18.3 Å². The highest BCUT2D eigenvalue weighted by Crippen LogP contribution is 2.22. The second-order valence-corrected chi connectivity index (χ2v) is 4.34. The lowest BCUT2D eigenvalue weighted by Crippen LogP contribution is -2.21. The number of aryl methyl sites for hydroxylation is 2. The van der Waals surface area contributed by atoms with Crippen molar-refractivity contribution in [2.75, 3.05) is 5.32 Å². The lowest BCUT2D eigenvalue weighted by atomic mass is 10.1. The Kier molecular flexibility index (Phi) is 3.85. The number of nitrogens with one attached hydrogen (secondary N) is 1. The fourth-order valence-electron chi connectivity index (χ4n) is 2.04. The second-order valence-electron chi connectivity index (χ2n) is 4.34. The number of aliphatic carboxylic acids is 1. The summed E-state index contributed by atoms with van der Waals surface area (Å²) in [6, 6.07) is 8.53. The minimum Gasteiger partial charge on any atom is -0.479 e. The Balaban J connectivity index is 2.32. The van der Waals surface area contributed by atoms with E-state index in [-0.39, 0.29) is 0 Å². The summed E-state index contributed by atoms with van der Waals surface area (Å²) in [5, 5.41) is 16.7. The van der Waals surface area contributed by atoms with Gasteiger partial charge in [0.2, 0.25) is 0 Å². The van der Waals surface area contributed by atoms with Crippen molar-refractivity contribution in [2.45, 2.75) is 19.4 Å². The Morgan fingerprint density at radius 3 is 2.68 bits per heavy atom. The minimum atomic E-state index is -0.911. The smallest absolute Gasteiger partial charge is 0.330 e. The molecule has 2 N–H and O–H groups in total. The van der Waals surface area contributed by atoms with Crippen LogP contribution in [0.1, 0.15) is 24.2 Å². The molecule has 0 radical (unpaired) electrons. The van der Waals surface area contributed by atoms with E-state index in [1.807, 2.05) is 37.3 Å². The number of hydrogen-bond acceptors (Lipinski definition) is 3. The molecule has 0 bridgehead atoms. The first-order valence-corrected chi connectivity index (χ1v) is 6.18. The molecular formula is C14H17N3O2. The largest absolute Gasteiger partial charge is 0.479 e. The van der Waals surface area contributed by atoms with E-state index in [4.69, 9.17) is 0 Å². The molecular weight excluding hydrogens is 242 g/mol. The van der Waals surface area contributed by atoms with Crippen LogP contribution in [0.15, 0.2) is 36.5 Å². The van der Waals surface area contributed by atoms with Crippen molar-refractivity contribution in [1.29, 1.82) is 0 Å². The van der Waals surface area contributed by atoms with E-state index in [1.54, 1.807) is 17.9 Å². The highest BCUT2D eigenvalue weighted by Gasteiger charge is 2.24. The summed E-state index contributed by atoms with van der Waals surface area (Å²) >= 11 is 0. The lowest BCUT2D eigenvalue weighted by Gasteiger charge is -2.15. The molecule has 5 heteroatoms. The predicted molar refractivity (Wildman–Crippen MR) is 73.0 cm³/mol. The molecule has 0 saturated carbocycles. The van der Waals surface area contributed by atoms with Crippen molar-refractivity contribution in [2.24, 2.45) is 7.05 Å². The molecule has 1 aromatic heterocycles. The first-order chi connectivity index (χ1) is 9.11. The summed E-state index contributed by atoms with van der Waals surface area (Å²) in [6.45, 7) is 1.97. The molecule has 0 spiro atoms. The number of para-hydroxylation sites is 1. The third-order valence-corrected chi connectivity index (χ3v) is 2.92. The Morgan fingerprint density at radius 1 is 1.42 bits per heavy atom. The van der Waals surface area contributed by atoms with E-state index in [9.17, 15) is 9.90 Å². The molecule has 0 fully saturated rings. The van der Waals surface area contributed by atoms with Gasteiger partial charge in [0.1, 0.15) is 0 Å². The van der Waals surface area contributed by atoms with Crippen molar-refractivity contribution < 1.29 is 9.90 Å². The van der Waals surface area contributed by atoms with Crippen molar-refractivity contribution in [3.8, 4) is 0 Å². The SMILES string of the molecule is CCc1nn(C)cc1C(Nc1ccccc1)C(=O)O. The number of aromatic nitrogens is 2. The van der Waals surface area contributed by atoms with Gasteiger partial charge in [-0.25, -0.2) is 4.79 Å². The quantitative estimate of drug-likeness (QED) is 0.864. The van der Waals surface area contributed by atoms with E-state index in [2.05, 4.69) is 10.4 Å². The molecule has 1 unspecified atom stereocenters. The Bertz CT molecular complexity index is 563. The van der Waals surface area contributed by atoms with Crippen LogP contribution < -0.4 is 5.32 Å². The number of anilines is 1. The summed E-state index contributed by atoms with van der Waals surface area (Å²) < 4.78 is 1.65. The second kappa shape index (κ2) is 5.56. The summed E-state index contributed by atoms with van der Waals surface area (Å²) in [5.41, 5.74) is 2.29. The van der Waals surface area contributed by atoms with Crippen LogP contribution in [0.2, 0.25) is 0 Å². The van der Waals surface area contributed by atoms with Gasteiger partial charge in [-0.15, -0.1) is 0 Å². The van der Waals surface area contributed by atoms with Gasteiger partial charge >= 0.3 is 5.97 Å². The van der Waals surface area contributed by atoms with Gasteiger partial charge in [0, 0.05) is 24.5 Å². The summed E-state index contributed by atoms with van der Waals surface area (Å²) in [5.74, 6) is -0.911. The molecule has 1 heterocycles. The van der Waals surface area contributed by atoms with E-state index in [1.165, 1.54) is 0 Å². The third kappa shape index (κ3) is 2.93. The Labute approximate surface area is 111 Å². The molecule has 1 aromatic carbocycles. The van der Waals surface area contributed by atoms with Gasteiger partial charge in [0.15, 0.2) is 6.04 Å². The van der Waals surface area contributed by atoms with E-state index < -0.39 is 12.0 Å². The molecule has 0 aliphatic carbocycles. The minimum absolute atomic E-state index is 0.705. The number of nitrogens with zero attached hydrogens (tertiary/aromatic N) is 2. The number of benzene rings is 1. The highest BCUT2D eigenvalue weighted by molar-refractivity contribution is 5.79. The topological polar surface area (TPSA) is 67.2 Å². The predicted octanol–water partition coefficient (Wildman–Crippen LogP) is 2.22. The van der Waals surface area contributed by atoms with E-state index >= 15 is 0 Å². The van der Waals surface area contributed by atoms with Crippen LogP contribution in [-0.4, -0.2) is 20.9 Å². The normalized spacial score (nSPS) is 12.1. The molecule has 19 heavy (non-hydrogen) atoms. The van der Waals surface area contributed by atoms with Crippen molar-refractivity contribution in [3.63, 3.8) is 0 Å². The zero-order valence-electron chi connectivity index (χ0n) is 11.0. The maximum absolute atomic E-state index is 11.5. The number of rotatable bonds is 5. The van der Waals surface area contributed by atoms with Gasteiger partial charge in [-0.1, -0.05) is 25.1 Å². The Morgan fingerprint density at radius 2 is 2.11 bits per heavy atom. The molecule has 0 aliphatic rings. The van der Waals surface area contributed by atoms with Gasteiger partial charge in [-0.3, -0.25) is 4.68 Å². The number of carbonyl (C=O) groups is 1. The number of carboxylic acids is 1. The van der Waals surface area contributed by atoms with Gasteiger partial charge in [-0.05, 0) is 18.6 Å². The monoisotopic (exact) mass is 259 g/mol. The van der Waals surface area contributed by atoms with Gasteiger partial charge in [0.05, 0.1) is 5.69 Å². The first-order valence-electron chi connectivity index (χ1n) is 6.18. The number of hydrogen-bond donors (Lipinski definition) is 2. The third-order valence-electron chi connectivity index (χ3n) is 2.92. The van der Waals surface area contributed by atoms with E-state index in [0.29, 0.717) is 12.0 Å². The van der Waals surface area contributed by atoms with Crippen LogP contribution in [0.5, 0.6) is 0 Å². The number of carboxylic acid groups (broad SMARTS) is 1. The lowest BCUT2D eigenvalue weighted by molar-refractivity contribution is -0.138. The van der Waals surface area contributed by atoms with Crippen molar-refractivity contribution in [3.05, 3.63) is 47.8 Å². The first kappa shape index (κ1) is 13.1. The zero-order valence-corrected chi connectivity index (χ0v) is 11.0. The van der Waals surface area contributed by atoms with Gasteiger partial charge in [0.25, 0.3) is 0 Å². The summed E-state index contributed by atoms with van der Waals surface area (Å²) in [6.07, 6.45) is 2.46. The molecule has 0 amide bonds. The molecule has 5 nitrogen and oxygen atoms in total. The van der Waals surface area contributed by atoms with Crippen molar-refractivity contribution >= 4 is 11.7 Å². The molecule has 1 atom stereocenters. The average molecular weight is 259 g/mol. The van der Waals surface area contributed by atoms with Gasteiger partial charge in [-0.2, -0.15) is 5.10 Å². The Hall–Kier alpha value is -2.30. The van der Waals surface area contributed by atoms with Crippen LogP contribution in [0, 0.1) is 0 Å². The van der Waals surface area contributed by atoms with Crippen LogP contribution in [0.4, 0.5) is 5.69 Å². The van der Waals surface area contributed by atoms with Crippen LogP contribution in [0.3, 0.4) is 0 Å². The summed E-state index contributed by atoms with van der Waals surface area (Å²) in [7, 11) is 1.80. The molecule has 2 aromatic rings. The maximum atomic E-state index is 11.5.